The van der Waals surface area contributed by atoms with Crippen LogP contribution in [0, 0.1) is 0 Å². The Morgan fingerprint density at radius 3 is 2.57 bits per heavy atom. The normalized spacial score (nSPS) is 10.8. The molecule has 23 heavy (non-hydrogen) atoms. The molecular formula is C17H20N6. The van der Waals surface area contributed by atoms with Gasteiger partial charge in [0.05, 0.1) is 11.7 Å². The number of hydrogen-bond donors (Lipinski definition) is 2. The monoisotopic (exact) mass is 308 g/mol. The lowest BCUT2D eigenvalue weighted by atomic mass is 10.2. The first kappa shape index (κ1) is 15.3. The molecule has 0 atom stereocenters. The maximum absolute atomic E-state index is 5.53. The van der Waals surface area contributed by atoms with Gasteiger partial charge in [-0.2, -0.15) is 0 Å². The lowest BCUT2D eigenvalue weighted by molar-refractivity contribution is 0.706. The van der Waals surface area contributed by atoms with Crippen molar-refractivity contribution in [2.75, 3.05) is 18.4 Å². The van der Waals surface area contributed by atoms with Crippen LogP contribution in [0.25, 0.3) is 22.3 Å². The highest BCUT2D eigenvalue weighted by atomic mass is 15.0. The van der Waals surface area contributed by atoms with E-state index in [2.05, 4.69) is 25.3 Å². The molecule has 0 aliphatic rings. The Hall–Kier alpha value is -2.60. The van der Waals surface area contributed by atoms with Gasteiger partial charge in [0.25, 0.3) is 0 Å². The Labute approximate surface area is 135 Å². The van der Waals surface area contributed by atoms with E-state index in [1.165, 1.54) is 0 Å². The quantitative estimate of drug-likeness (QED) is 0.652. The smallest absolute Gasteiger partial charge is 0.162 e. The summed E-state index contributed by atoms with van der Waals surface area (Å²) in [6.45, 7) is 1.61. The highest BCUT2D eigenvalue weighted by molar-refractivity contribution is 5.89. The van der Waals surface area contributed by atoms with E-state index in [4.69, 9.17) is 5.73 Å². The van der Waals surface area contributed by atoms with Crippen molar-refractivity contribution in [3.63, 3.8) is 0 Å². The first-order valence-electron chi connectivity index (χ1n) is 7.84. The van der Waals surface area contributed by atoms with Gasteiger partial charge in [-0.05, 0) is 37.6 Å². The van der Waals surface area contributed by atoms with E-state index in [9.17, 15) is 0 Å². The first-order valence-corrected chi connectivity index (χ1v) is 7.84. The van der Waals surface area contributed by atoms with E-state index in [1.807, 2.05) is 18.2 Å². The van der Waals surface area contributed by atoms with Gasteiger partial charge in [0.15, 0.2) is 5.82 Å². The van der Waals surface area contributed by atoms with Gasteiger partial charge in [0, 0.05) is 36.1 Å². The minimum absolute atomic E-state index is 0.678. The molecule has 0 saturated heterocycles. The van der Waals surface area contributed by atoms with E-state index in [0.29, 0.717) is 5.82 Å². The minimum Gasteiger partial charge on any atom is -0.369 e. The molecule has 3 aromatic heterocycles. The van der Waals surface area contributed by atoms with Crippen molar-refractivity contribution in [2.24, 2.45) is 5.73 Å². The van der Waals surface area contributed by atoms with Crippen LogP contribution in [0.4, 0.5) is 5.82 Å². The molecule has 0 fully saturated rings. The van der Waals surface area contributed by atoms with E-state index in [0.717, 1.165) is 54.6 Å². The van der Waals surface area contributed by atoms with Crippen molar-refractivity contribution >= 4 is 16.7 Å². The molecule has 3 aromatic rings. The van der Waals surface area contributed by atoms with Crippen LogP contribution in [0.3, 0.4) is 0 Å². The van der Waals surface area contributed by atoms with E-state index in [-0.39, 0.29) is 0 Å². The summed E-state index contributed by atoms with van der Waals surface area (Å²) in [5, 5.41) is 4.40. The van der Waals surface area contributed by atoms with Crippen LogP contribution in [-0.2, 0) is 0 Å². The summed E-state index contributed by atoms with van der Waals surface area (Å²) in [6, 6.07) is 5.75. The second-order valence-corrected chi connectivity index (χ2v) is 5.30. The maximum Gasteiger partial charge on any atom is 0.162 e. The lowest BCUT2D eigenvalue weighted by Crippen LogP contribution is -2.07. The highest BCUT2D eigenvalue weighted by Crippen LogP contribution is 2.23. The summed E-state index contributed by atoms with van der Waals surface area (Å²) < 4.78 is 0. The molecule has 6 nitrogen and oxygen atoms in total. The van der Waals surface area contributed by atoms with Crippen LogP contribution in [-0.4, -0.2) is 33.0 Å². The van der Waals surface area contributed by atoms with Gasteiger partial charge >= 0.3 is 0 Å². The molecule has 0 radical (unpaired) electrons. The number of anilines is 1. The highest BCUT2D eigenvalue weighted by Gasteiger charge is 2.09. The van der Waals surface area contributed by atoms with Crippen molar-refractivity contribution in [1.29, 1.82) is 0 Å². The Bertz CT molecular complexity index is 759. The summed E-state index contributed by atoms with van der Waals surface area (Å²) in [6.07, 6.45) is 10.2. The lowest BCUT2D eigenvalue weighted by Gasteiger charge is -2.10. The number of aromatic nitrogens is 4. The summed E-state index contributed by atoms with van der Waals surface area (Å²) in [5.41, 5.74) is 7.30. The third-order valence-electron chi connectivity index (χ3n) is 3.61. The molecule has 3 rings (SSSR count). The number of pyridine rings is 2. The fraction of sp³-hybridized carbons (Fsp3) is 0.294. The SMILES string of the molecule is NCCCCCNc1nc(-c2ccncc2)nc2cnccc12. The fourth-order valence-electron chi connectivity index (χ4n) is 2.40. The number of nitrogens with two attached hydrogens (primary N) is 1. The Morgan fingerprint density at radius 1 is 0.913 bits per heavy atom. The number of nitrogens with zero attached hydrogens (tertiary/aromatic N) is 4. The molecule has 0 bridgehead atoms. The molecule has 3 N–H and O–H groups in total. The van der Waals surface area contributed by atoms with Gasteiger partial charge < -0.3 is 11.1 Å². The second-order valence-electron chi connectivity index (χ2n) is 5.30. The maximum atomic E-state index is 5.53. The third-order valence-corrected chi connectivity index (χ3v) is 3.61. The van der Waals surface area contributed by atoms with Crippen LogP contribution < -0.4 is 11.1 Å². The second kappa shape index (κ2) is 7.60. The van der Waals surface area contributed by atoms with Crippen molar-refractivity contribution in [1.82, 2.24) is 19.9 Å². The zero-order chi connectivity index (χ0) is 15.9. The Kier molecular flexibility index (Phi) is 5.06. The molecule has 0 unspecified atom stereocenters. The number of fused-ring (bicyclic) bond motifs is 1. The zero-order valence-corrected chi connectivity index (χ0v) is 12.9. The topological polar surface area (TPSA) is 89.6 Å². The predicted molar refractivity (Wildman–Crippen MR) is 92.0 cm³/mol. The van der Waals surface area contributed by atoms with Crippen molar-refractivity contribution in [3.8, 4) is 11.4 Å². The summed E-state index contributed by atoms with van der Waals surface area (Å²) >= 11 is 0. The molecule has 0 aromatic carbocycles. The Balaban J connectivity index is 1.88. The first-order chi connectivity index (χ1) is 11.4. The van der Waals surface area contributed by atoms with Gasteiger partial charge in [-0.3, -0.25) is 9.97 Å². The number of nitrogens with one attached hydrogen (secondary N) is 1. The van der Waals surface area contributed by atoms with Crippen LogP contribution in [0.15, 0.2) is 43.0 Å². The molecule has 0 aliphatic carbocycles. The predicted octanol–water partition coefficient (Wildman–Crippen LogP) is 2.63. The molecule has 0 spiro atoms. The average molecular weight is 308 g/mol. The van der Waals surface area contributed by atoms with Crippen LogP contribution in [0.1, 0.15) is 19.3 Å². The average Bonchev–Trinajstić information content (AvgIpc) is 2.62. The molecule has 3 heterocycles. The minimum atomic E-state index is 0.678. The summed E-state index contributed by atoms with van der Waals surface area (Å²) in [4.78, 5) is 17.5. The molecule has 0 saturated carbocycles. The van der Waals surface area contributed by atoms with Gasteiger partial charge in [-0.1, -0.05) is 6.42 Å². The van der Waals surface area contributed by atoms with Gasteiger partial charge in [-0.15, -0.1) is 0 Å². The van der Waals surface area contributed by atoms with Crippen molar-refractivity contribution in [2.45, 2.75) is 19.3 Å². The van der Waals surface area contributed by atoms with Gasteiger partial charge in [0.1, 0.15) is 5.82 Å². The summed E-state index contributed by atoms with van der Waals surface area (Å²) in [7, 11) is 0. The molecule has 118 valence electrons. The molecular weight excluding hydrogens is 288 g/mol. The van der Waals surface area contributed by atoms with Crippen LogP contribution >= 0.6 is 0 Å². The van der Waals surface area contributed by atoms with Crippen molar-refractivity contribution in [3.05, 3.63) is 43.0 Å². The Morgan fingerprint density at radius 2 is 1.74 bits per heavy atom. The summed E-state index contributed by atoms with van der Waals surface area (Å²) in [5.74, 6) is 1.52. The van der Waals surface area contributed by atoms with E-state index < -0.39 is 0 Å². The van der Waals surface area contributed by atoms with Gasteiger partial charge in [-0.25, -0.2) is 9.97 Å². The van der Waals surface area contributed by atoms with Gasteiger partial charge in [0.2, 0.25) is 0 Å². The van der Waals surface area contributed by atoms with E-state index >= 15 is 0 Å². The number of hydrogen-bond acceptors (Lipinski definition) is 6. The fourth-order valence-corrected chi connectivity index (χ4v) is 2.40. The molecule has 0 aliphatic heterocycles. The number of unbranched alkanes of at least 4 members (excludes halogenated alkanes) is 2. The van der Waals surface area contributed by atoms with Crippen LogP contribution in [0.5, 0.6) is 0 Å². The third kappa shape index (κ3) is 3.78. The molecule has 6 heteroatoms. The van der Waals surface area contributed by atoms with Crippen molar-refractivity contribution < 1.29 is 0 Å². The standard InChI is InChI=1S/C17H20N6/c18-7-2-1-3-8-21-17-14-6-11-20-12-15(14)22-16(23-17)13-4-9-19-10-5-13/h4-6,9-12H,1-3,7-8,18H2,(H,21,22,23). The molecule has 0 amide bonds. The zero-order valence-electron chi connectivity index (χ0n) is 12.9. The largest absolute Gasteiger partial charge is 0.369 e. The number of rotatable bonds is 7. The van der Waals surface area contributed by atoms with E-state index in [1.54, 1.807) is 24.8 Å². The van der Waals surface area contributed by atoms with Crippen LogP contribution in [0.2, 0.25) is 0 Å².